The summed E-state index contributed by atoms with van der Waals surface area (Å²) in [7, 11) is 3.58. The van der Waals surface area contributed by atoms with E-state index < -0.39 is 18.8 Å². The molecule has 0 saturated carbocycles. The summed E-state index contributed by atoms with van der Waals surface area (Å²) in [6.07, 6.45) is -1.38. The summed E-state index contributed by atoms with van der Waals surface area (Å²) >= 11 is 0. The number of benzene rings is 2. The van der Waals surface area contributed by atoms with Gasteiger partial charge in [-0.2, -0.15) is 13.2 Å². The number of likely N-dealkylation sites (tertiary alicyclic amines) is 1. The van der Waals surface area contributed by atoms with Crippen LogP contribution in [-0.2, 0) is 39.1 Å². The Hall–Kier alpha value is -2.32. The minimum Gasteiger partial charge on any atom is -0.568 e. The number of carbonyl (C=O) groups excluding carboxylic acids is 1. The van der Waals surface area contributed by atoms with Crippen molar-refractivity contribution in [2.75, 3.05) is 56.0 Å². The molecule has 0 aromatic heterocycles. The summed E-state index contributed by atoms with van der Waals surface area (Å²) in [6.45, 7) is 1.07. The van der Waals surface area contributed by atoms with E-state index in [2.05, 4.69) is 40.0 Å². The summed E-state index contributed by atoms with van der Waals surface area (Å²) in [5.74, 6) is 6.48. The quantitative estimate of drug-likeness (QED) is 0.259. The average Bonchev–Trinajstić information content (AvgIpc) is 3.22. The number of carbonyl (C=O) groups is 1. The maximum absolute atomic E-state index is 13.5. The van der Waals surface area contributed by atoms with E-state index in [4.69, 9.17) is 4.74 Å². The average molecular weight is 603 g/mol. The number of hydrogen-bond acceptors (Lipinski definition) is 6. The Morgan fingerprint density at radius 2 is 1.95 bits per heavy atom. The Morgan fingerprint density at radius 3 is 2.63 bits per heavy atom. The SMILES string of the molecule is COc1cc(C=O)ccc1NCC#CC1Cc2c(N[N-]C3CCN(C)CC3)cccc2N1CC(F)(F)F.[Y]. The third kappa shape index (κ3) is 7.85. The molecule has 0 spiro atoms. The number of aldehydes is 1. The van der Waals surface area contributed by atoms with Crippen molar-refractivity contribution in [2.24, 2.45) is 0 Å². The number of hydrogen-bond donors (Lipinski definition) is 2. The first kappa shape index (κ1) is 30.2. The molecule has 0 bridgehead atoms. The van der Waals surface area contributed by atoms with Gasteiger partial charge in [0.2, 0.25) is 0 Å². The Labute approximate surface area is 246 Å². The molecule has 2 aliphatic rings. The van der Waals surface area contributed by atoms with Gasteiger partial charge in [-0.05, 0) is 50.5 Å². The molecule has 2 aromatic carbocycles. The van der Waals surface area contributed by atoms with Gasteiger partial charge in [-0.15, -0.1) is 6.04 Å². The van der Waals surface area contributed by atoms with Gasteiger partial charge in [0, 0.05) is 61.6 Å². The summed E-state index contributed by atoms with van der Waals surface area (Å²) in [6, 6.07) is 9.83. The molecule has 4 rings (SSSR count). The van der Waals surface area contributed by atoms with E-state index in [1.54, 1.807) is 30.3 Å². The fourth-order valence-corrected chi connectivity index (χ4v) is 4.67. The number of nitrogens with one attached hydrogen (secondary N) is 2. The molecule has 0 aliphatic carbocycles. The number of rotatable bonds is 8. The molecule has 2 N–H and O–H groups in total. The zero-order valence-corrected chi connectivity index (χ0v) is 24.4. The van der Waals surface area contributed by atoms with E-state index in [1.807, 2.05) is 6.07 Å². The summed E-state index contributed by atoms with van der Waals surface area (Å²) < 4.78 is 45.7. The molecule has 201 valence electrons. The van der Waals surface area contributed by atoms with Gasteiger partial charge in [-0.25, -0.2) is 0 Å². The van der Waals surface area contributed by atoms with Crippen molar-refractivity contribution >= 4 is 23.3 Å². The predicted octanol–water partition coefficient (Wildman–Crippen LogP) is 4.71. The minimum atomic E-state index is -4.37. The van der Waals surface area contributed by atoms with E-state index in [0.29, 0.717) is 29.1 Å². The summed E-state index contributed by atoms with van der Waals surface area (Å²) in [5, 5.41) is 3.11. The Kier molecular flexibility index (Phi) is 10.9. The third-order valence-corrected chi connectivity index (χ3v) is 6.64. The van der Waals surface area contributed by atoms with E-state index >= 15 is 0 Å². The van der Waals surface area contributed by atoms with Crippen LogP contribution in [0.1, 0.15) is 28.8 Å². The van der Waals surface area contributed by atoms with Crippen molar-refractivity contribution in [3.63, 3.8) is 0 Å². The number of nitrogens with zero attached hydrogens (tertiary/aromatic N) is 3. The number of halogens is 3. The Balaban J connectivity index is 0.00000400. The molecule has 1 radical (unpaired) electrons. The van der Waals surface area contributed by atoms with Crippen LogP contribution in [0, 0.1) is 11.8 Å². The second-order valence-electron chi connectivity index (χ2n) is 9.29. The number of methoxy groups -OCH3 is 1. The van der Waals surface area contributed by atoms with Crippen molar-refractivity contribution in [2.45, 2.75) is 37.5 Å². The van der Waals surface area contributed by atoms with Crippen molar-refractivity contribution in [1.29, 1.82) is 0 Å². The number of fused-ring (bicyclic) bond motifs is 1. The van der Waals surface area contributed by atoms with Gasteiger partial charge in [0.05, 0.1) is 25.4 Å². The van der Waals surface area contributed by atoms with Crippen LogP contribution in [-0.4, -0.2) is 69.8 Å². The van der Waals surface area contributed by atoms with Crippen LogP contribution in [0.5, 0.6) is 5.75 Å². The van der Waals surface area contributed by atoms with Crippen molar-refractivity contribution in [3.8, 4) is 17.6 Å². The molecule has 2 aliphatic heterocycles. The Morgan fingerprint density at radius 1 is 1.18 bits per heavy atom. The van der Waals surface area contributed by atoms with Crippen LogP contribution in [0.2, 0.25) is 0 Å². The number of ether oxygens (including phenoxy) is 1. The number of alkyl halides is 3. The largest absolute Gasteiger partial charge is 0.568 e. The maximum atomic E-state index is 13.5. The van der Waals surface area contributed by atoms with Crippen molar-refractivity contribution < 1.29 is 55.4 Å². The smallest absolute Gasteiger partial charge is 0.405 e. The van der Waals surface area contributed by atoms with Gasteiger partial charge in [0.15, 0.2) is 0 Å². The fraction of sp³-hybridized carbons (Fsp3) is 0.444. The maximum Gasteiger partial charge on any atom is 0.405 e. The van der Waals surface area contributed by atoms with Gasteiger partial charge in [-0.1, -0.05) is 30.7 Å². The van der Waals surface area contributed by atoms with E-state index in [-0.39, 0.29) is 45.3 Å². The predicted molar refractivity (Wildman–Crippen MR) is 139 cm³/mol. The van der Waals surface area contributed by atoms with Crippen LogP contribution in [0.25, 0.3) is 5.43 Å². The summed E-state index contributed by atoms with van der Waals surface area (Å²) in [4.78, 5) is 14.6. The monoisotopic (exact) mass is 603 g/mol. The van der Waals surface area contributed by atoms with Gasteiger partial charge < -0.3 is 30.7 Å². The van der Waals surface area contributed by atoms with Gasteiger partial charge in [-0.3, -0.25) is 4.79 Å². The van der Waals surface area contributed by atoms with Gasteiger partial charge >= 0.3 is 6.18 Å². The molecule has 7 nitrogen and oxygen atoms in total. The molecular formula is C27H31F3N5O2Y-. The van der Waals surface area contributed by atoms with Crippen LogP contribution in [0.15, 0.2) is 36.4 Å². The molecular weight excluding hydrogens is 572 g/mol. The molecule has 1 saturated heterocycles. The number of piperidine rings is 1. The zero-order valence-electron chi connectivity index (χ0n) is 21.5. The van der Waals surface area contributed by atoms with Gasteiger partial charge in [0.1, 0.15) is 18.6 Å². The molecule has 1 unspecified atom stereocenters. The van der Waals surface area contributed by atoms with Crippen molar-refractivity contribution in [1.82, 2.24) is 4.90 Å². The van der Waals surface area contributed by atoms with E-state index in [9.17, 15) is 18.0 Å². The third-order valence-electron chi connectivity index (χ3n) is 6.64. The number of anilines is 3. The first-order valence-corrected chi connectivity index (χ1v) is 12.2. The second kappa shape index (κ2) is 13.7. The van der Waals surface area contributed by atoms with Gasteiger partial charge in [0.25, 0.3) is 0 Å². The first-order chi connectivity index (χ1) is 17.8. The normalized spacial score (nSPS) is 17.6. The topological polar surface area (TPSA) is 70.9 Å². The Bertz CT molecular complexity index is 1160. The molecule has 0 amide bonds. The first-order valence-electron chi connectivity index (χ1n) is 12.2. The molecule has 2 aromatic rings. The fourth-order valence-electron chi connectivity index (χ4n) is 4.67. The van der Waals surface area contributed by atoms with Crippen LogP contribution in [0.3, 0.4) is 0 Å². The van der Waals surface area contributed by atoms with Crippen LogP contribution < -0.4 is 20.4 Å². The molecule has 38 heavy (non-hydrogen) atoms. The van der Waals surface area contributed by atoms with E-state index in [1.165, 1.54) is 12.0 Å². The summed E-state index contributed by atoms with van der Waals surface area (Å²) in [5.41, 5.74) is 10.9. The molecule has 1 fully saturated rings. The second-order valence-corrected chi connectivity index (χ2v) is 9.29. The van der Waals surface area contributed by atoms with E-state index in [0.717, 1.165) is 43.5 Å². The van der Waals surface area contributed by atoms with Crippen LogP contribution in [0.4, 0.5) is 30.2 Å². The zero-order chi connectivity index (χ0) is 26.4. The minimum absolute atomic E-state index is 0. The standard InChI is InChI=1S/C27H31F3N5O2.Y/c1-34-13-10-20(11-14-34)32-33-23-6-3-7-25-22(23)16-21(35(25)18-27(28,29)30)5-4-12-31-24-9-8-19(17-36)15-26(24)37-2;/h3,6-9,15,17,20-21,31,33H,10-14,16,18H2,1-2H3;/q-1;. The van der Waals surface area contributed by atoms with Crippen molar-refractivity contribution in [3.05, 3.63) is 53.0 Å². The molecule has 2 heterocycles. The molecule has 1 atom stereocenters. The van der Waals surface area contributed by atoms with Crippen LogP contribution >= 0.6 is 0 Å². The molecule has 11 heteroatoms.